The number of nitrogens with one attached hydrogen (secondary N) is 2. The highest BCUT2D eigenvalue weighted by atomic mass is 35.5. The molecule has 0 unspecified atom stereocenters. The maximum Gasteiger partial charge on any atom is 0.317 e. The number of carbonyl (C=O) groups excluding carboxylic acids is 2. The molecule has 0 spiro atoms. The fourth-order valence-corrected chi connectivity index (χ4v) is 6.07. The van der Waals surface area contributed by atoms with Gasteiger partial charge in [0.05, 0.1) is 0 Å². The Morgan fingerprint density at radius 1 is 0.824 bits per heavy atom. The molecule has 2 N–H and O–H groups in total. The van der Waals surface area contributed by atoms with Crippen molar-refractivity contribution in [1.29, 1.82) is 0 Å². The van der Waals surface area contributed by atoms with E-state index < -0.39 is 0 Å². The van der Waals surface area contributed by atoms with E-state index in [2.05, 4.69) is 15.5 Å². The van der Waals surface area contributed by atoms with Crippen LogP contribution in [0.15, 0.2) is 0 Å². The molecule has 0 aromatic rings. The summed E-state index contributed by atoms with van der Waals surface area (Å²) in [7, 11) is 0. The van der Waals surface area contributed by atoms with Crippen molar-refractivity contribution in [3.63, 3.8) is 0 Å². The number of piperazine rings is 1. The molecule has 4 rings (SSSR count). The van der Waals surface area contributed by atoms with Crippen LogP contribution in [0.3, 0.4) is 0 Å². The maximum atomic E-state index is 12.8. The van der Waals surface area contributed by atoms with E-state index in [9.17, 15) is 9.59 Å². The minimum absolute atomic E-state index is 0. The summed E-state index contributed by atoms with van der Waals surface area (Å²) in [6.07, 6.45) is 14.1. The molecule has 0 atom stereocenters. The van der Waals surface area contributed by atoms with Crippen molar-refractivity contribution in [2.75, 3.05) is 39.3 Å². The Hall–Kier alpha value is -0.760. The molecular formula is C25H46Cl2N4O3. The average Bonchev–Trinajstić information content (AvgIpc) is 2.85. The topological polar surface area (TPSA) is 73.9 Å². The van der Waals surface area contributed by atoms with Crippen LogP contribution >= 0.6 is 24.8 Å². The molecule has 198 valence electrons. The van der Waals surface area contributed by atoms with Crippen molar-refractivity contribution < 1.29 is 14.3 Å². The molecule has 2 aliphatic carbocycles. The molecule has 7 nitrogen and oxygen atoms in total. The van der Waals surface area contributed by atoms with E-state index in [4.69, 9.17) is 4.74 Å². The van der Waals surface area contributed by atoms with Crippen molar-refractivity contribution in [2.45, 2.75) is 102 Å². The van der Waals surface area contributed by atoms with E-state index in [1.54, 1.807) is 0 Å². The highest BCUT2D eigenvalue weighted by Crippen LogP contribution is 2.29. The Morgan fingerprint density at radius 3 is 2.12 bits per heavy atom. The Bertz CT molecular complexity index is 599. The zero-order valence-corrected chi connectivity index (χ0v) is 22.3. The summed E-state index contributed by atoms with van der Waals surface area (Å²) in [4.78, 5) is 29.5. The van der Waals surface area contributed by atoms with Crippen LogP contribution in [0.2, 0.25) is 0 Å². The van der Waals surface area contributed by atoms with Gasteiger partial charge in [0.15, 0.2) is 0 Å². The second-order valence-electron chi connectivity index (χ2n) is 10.5. The summed E-state index contributed by atoms with van der Waals surface area (Å²) in [5.74, 6) is 0.589. The number of hydrogen-bond donors (Lipinski definition) is 2. The average molecular weight is 522 g/mol. The van der Waals surface area contributed by atoms with Gasteiger partial charge in [0, 0.05) is 44.7 Å². The number of urea groups is 1. The van der Waals surface area contributed by atoms with Gasteiger partial charge in [-0.2, -0.15) is 0 Å². The van der Waals surface area contributed by atoms with E-state index in [1.807, 2.05) is 4.90 Å². The first kappa shape index (κ1) is 29.5. The zero-order chi connectivity index (χ0) is 22.2. The summed E-state index contributed by atoms with van der Waals surface area (Å²) >= 11 is 0. The van der Waals surface area contributed by atoms with Crippen molar-refractivity contribution >= 4 is 36.8 Å². The third-order valence-corrected chi connectivity index (χ3v) is 8.21. The van der Waals surface area contributed by atoms with Gasteiger partial charge >= 0.3 is 12.0 Å². The number of carbonyl (C=O) groups is 2. The summed E-state index contributed by atoms with van der Waals surface area (Å²) < 4.78 is 5.66. The first-order chi connectivity index (χ1) is 15.7. The van der Waals surface area contributed by atoms with E-state index in [0.29, 0.717) is 18.4 Å². The van der Waals surface area contributed by atoms with Gasteiger partial charge in [-0.05, 0) is 89.6 Å². The Balaban J connectivity index is 0.00000204. The van der Waals surface area contributed by atoms with Gasteiger partial charge in [-0.1, -0.05) is 6.42 Å². The molecule has 2 heterocycles. The van der Waals surface area contributed by atoms with Gasteiger partial charge < -0.3 is 20.3 Å². The van der Waals surface area contributed by atoms with Crippen molar-refractivity contribution in [3.05, 3.63) is 0 Å². The van der Waals surface area contributed by atoms with E-state index in [1.165, 1.54) is 32.1 Å². The van der Waals surface area contributed by atoms with Crippen LogP contribution in [0, 0.1) is 5.92 Å². The van der Waals surface area contributed by atoms with Crippen LogP contribution in [0.1, 0.15) is 83.5 Å². The highest BCUT2D eigenvalue weighted by molar-refractivity contribution is 5.85. The van der Waals surface area contributed by atoms with E-state index in [0.717, 1.165) is 84.2 Å². The number of piperidine rings is 1. The van der Waals surface area contributed by atoms with Crippen LogP contribution in [-0.4, -0.2) is 79.3 Å². The van der Waals surface area contributed by atoms with Crippen LogP contribution in [-0.2, 0) is 9.53 Å². The second-order valence-corrected chi connectivity index (χ2v) is 10.5. The van der Waals surface area contributed by atoms with Crippen LogP contribution in [0.5, 0.6) is 0 Å². The maximum absolute atomic E-state index is 12.8. The SMILES string of the molecule is Cl.Cl.O=C(CC[C@H]1CC[C@H](NC(=O)N2CCN(C3CCNCC3)CC2)CC1)OC1CCCCC1. The van der Waals surface area contributed by atoms with Crippen molar-refractivity contribution in [2.24, 2.45) is 5.92 Å². The van der Waals surface area contributed by atoms with Crippen molar-refractivity contribution in [3.8, 4) is 0 Å². The summed E-state index contributed by atoms with van der Waals surface area (Å²) in [5.41, 5.74) is 0. The molecule has 2 saturated heterocycles. The van der Waals surface area contributed by atoms with Crippen molar-refractivity contribution in [1.82, 2.24) is 20.4 Å². The third-order valence-electron chi connectivity index (χ3n) is 8.21. The van der Waals surface area contributed by atoms with Gasteiger partial charge in [0.25, 0.3) is 0 Å². The highest BCUT2D eigenvalue weighted by Gasteiger charge is 2.29. The molecule has 2 aliphatic heterocycles. The summed E-state index contributed by atoms with van der Waals surface area (Å²) in [6.45, 7) is 5.93. The molecular weight excluding hydrogens is 475 g/mol. The summed E-state index contributed by atoms with van der Waals surface area (Å²) in [6, 6.07) is 1.10. The number of hydrogen-bond acceptors (Lipinski definition) is 5. The van der Waals surface area contributed by atoms with Gasteiger partial charge in [-0.3, -0.25) is 9.69 Å². The molecule has 4 aliphatic rings. The Morgan fingerprint density at radius 2 is 1.47 bits per heavy atom. The number of amides is 2. The number of rotatable bonds is 6. The van der Waals surface area contributed by atoms with Crippen LogP contribution < -0.4 is 10.6 Å². The fourth-order valence-electron chi connectivity index (χ4n) is 6.07. The molecule has 2 amide bonds. The Kier molecular flexibility index (Phi) is 13.3. The van der Waals surface area contributed by atoms with Crippen LogP contribution in [0.4, 0.5) is 4.79 Å². The minimum atomic E-state index is -0.00374. The standard InChI is InChI=1S/C25H44N4O3.2ClH/c30-24(32-23-4-2-1-3-5-23)11-8-20-6-9-21(10-7-20)27-25(31)29-18-16-28(17-19-29)22-12-14-26-15-13-22;;/h20-23,26H,1-19H2,(H,27,31);2*1H/t20-,21-;;. The predicted octanol–water partition coefficient (Wildman–Crippen LogP) is 4.12. The number of halogens is 2. The lowest BCUT2D eigenvalue weighted by atomic mass is 9.83. The second kappa shape index (κ2) is 15.4. The molecule has 0 bridgehead atoms. The zero-order valence-electron chi connectivity index (χ0n) is 20.7. The first-order valence-electron chi connectivity index (χ1n) is 13.4. The summed E-state index contributed by atoms with van der Waals surface area (Å²) in [5, 5.41) is 6.72. The molecule has 9 heteroatoms. The lowest BCUT2D eigenvalue weighted by Crippen LogP contribution is -2.56. The van der Waals surface area contributed by atoms with E-state index >= 15 is 0 Å². The van der Waals surface area contributed by atoms with Gasteiger partial charge in [0.1, 0.15) is 6.10 Å². The quantitative estimate of drug-likeness (QED) is 0.515. The minimum Gasteiger partial charge on any atom is -0.462 e. The van der Waals surface area contributed by atoms with Gasteiger partial charge in [-0.25, -0.2) is 4.79 Å². The molecule has 0 aromatic carbocycles. The smallest absolute Gasteiger partial charge is 0.317 e. The number of nitrogens with zero attached hydrogens (tertiary/aromatic N) is 2. The monoisotopic (exact) mass is 520 g/mol. The number of esters is 1. The van der Waals surface area contributed by atoms with Gasteiger partial charge in [-0.15, -0.1) is 24.8 Å². The molecule has 0 radical (unpaired) electrons. The van der Waals surface area contributed by atoms with Gasteiger partial charge in [0.2, 0.25) is 0 Å². The molecule has 2 saturated carbocycles. The Labute approximate surface area is 218 Å². The first-order valence-corrected chi connectivity index (χ1v) is 13.4. The third kappa shape index (κ3) is 9.03. The van der Waals surface area contributed by atoms with Crippen LogP contribution in [0.25, 0.3) is 0 Å². The lowest BCUT2D eigenvalue weighted by molar-refractivity contribution is -0.150. The molecule has 4 fully saturated rings. The molecule has 34 heavy (non-hydrogen) atoms. The fraction of sp³-hybridized carbons (Fsp3) is 0.920. The normalized spacial score (nSPS) is 27.2. The largest absolute Gasteiger partial charge is 0.462 e. The van der Waals surface area contributed by atoms with E-state index in [-0.39, 0.29) is 49.0 Å². The predicted molar refractivity (Wildman–Crippen MR) is 140 cm³/mol. The number of ether oxygens (including phenoxy) is 1. The molecule has 0 aromatic heterocycles. The lowest BCUT2D eigenvalue weighted by Gasteiger charge is -2.41.